The van der Waals surface area contributed by atoms with Crippen LogP contribution in [0.1, 0.15) is 38.1 Å². The van der Waals surface area contributed by atoms with Gasteiger partial charge < -0.3 is 5.32 Å². The van der Waals surface area contributed by atoms with Crippen molar-refractivity contribution in [2.24, 2.45) is 5.92 Å². The maximum Gasteiger partial charge on any atom is 0.348 e. The Morgan fingerprint density at radius 1 is 1.32 bits per heavy atom. The molecule has 0 unspecified atom stereocenters. The van der Waals surface area contributed by atoms with E-state index in [9.17, 15) is 4.79 Å². The first kappa shape index (κ1) is 16.4. The predicted molar refractivity (Wildman–Crippen MR) is 82.6 cm³/mol. The van der Waals surface area contributed by atoms with E-state index in [-0.39, 0.29) is 5.69 Å². The zero-order valence-corrected chi connectivity index (χ0v) is 13.9. The summed E-state index contributed by atoms with van der Waals surface area (Å²) in [5, 5.41) is 3.37. The molecule has 0 saturated heterocycles. The highest BCUT2D eigenvalue weighted by atomic mass is 79.9. The summed E-state index contributed by atoms with van der Waals surface area (Å²) in [6.45, 7) is 10.7. The van der Waals surface area contributed by atoms with E-state index in [0.717, 1.165) is 34.9 Å². The molecule has 0 fully saturated rings. The minimum atomic E-state index is -0.165. The van der Waals surface area contributed by atoms with Crippen LogP contribution in [0.3, 0.4) is 0 Å². The van der Waals surface area contributed by atoms with Gasteiger partial charge in [-0.15, -0.1) is 0 Å². The average molecular weight is 330 g/mol. The van der Waals surface area contributed by atoms with Crippen molar-refractivity contribution in [1.82, 2.24) is 14.9 Å². The largest absolute Gasteiger partial charge is 0.348 e. The number of nitrogens with zero attached hydrogens (tertiary/aromatic N) is 2. The lowest BCUT2D eigenvalue weighted by atomic mass is 10.1. The maximum absolute atomic E-state index is 11.8. The van der Waals surface area contributed by atoms with E-state index in [4.69, 9.17) is 0 Å². The highest BCUT2D eigenvalue weighted by molar-refractivity contribution is 9.10. The fourth-order valence-corrected chi connectivity index (χ4v) is 2.29. The number of aromatic nitrogens is 2. The van der Waals surface area contributed by atoms with Crippen LogP contribution in [0.5, 0.6) is 0 Å². The second-order valence-electron chi connectivity index (χ2n) is 5.32. The molecule has 0 aliphatic carbocycles. The van der Waals surface area contributed by atoms with E-state index in [1.807, 2.05) is 13.8 Å². The van der Waals surface area contributed by atoms with Crippen molar-refractivity contribution in [1.29, 1.82) is 0 Å². The standard InChI is InChI=1S/C14H24BrN3O/c1-10(2)6-5-7-16-8-9-18-12(4)13(15)11(3)17-14(18)19/h10,16H,5-9H2,1-4H3. The molecule has 0 spiro atoms. The van der Waals surface area contributed by atoms with Gasteiger partial charge in [-0.05, 0) is 55.1 Å². The van der Waals surface area contributed by atoms with Crippen molar-refractivity contribution < 1.29 is 0 Å². The highest BCUT2D eigenvalue weighted by Gasteiger charge is 2.08. The molecule has 0 aliphatic rings. The highest BCUT2D eigenvalue weighted by Crippen LogP contribution is 2.16. The van der Waals surface area contributed by atoms with Gasteiger partial charge in [-0.25, -0.2) is 4.79 Å². The molecule has 0 atom stereocenters. The van der Waals surface area contributed by atoms with Crippen molar-refractivity contribution in [3.8, 4) is 0 Å². The van der Waals surface area contributed by atoms with Gasteiger partial charge in [-0.1, -0.05) is 13.8 Å². The summed E-state index contributed by atoms with van der Waals surface area (Å²) >= 11 is 3.47. The molecule has 0 bridgehead atoms. The van der Waals surface area contributed by atoms with E-state index in [1.54, 1.807) is 4.57 Å². The number of nitrogens with one attached hydrogen (secondary N) is 1. The third-order valence-electron chi connectivity index (χ3n) is 3.18. The van der Waals surface area contributed by atoms with Gasteiger partial charge in [0.1, 0.15) is 0 Å². The van der Waals surface area contributed by atoms with Crippen LogP contribution >= 0.6 is 15.9 Å². The molecule has 0 saturated carbocycles. The van der Waals surface area contributed by atoms with Crippen LogP contribution < -0.4 is 11.0 Å². The summed E-state index contributed by atoms with van der Waals surface area (Å²) < 4.78 is 2.64. The Balaban J connectivity index is 2.46. The van der Waals surface area contributed by atoms with Crippen LogP contribution in [0.2, 0.25) is 0 Å². The quantitative estimate of drug-likeness (QED) is 0.782. The zero-order valence-electron chi connectivity index (χ0n) is 12.3. The summed E-state index contributed by atoms with van der Waals surface area (Å²) in [6, 6.07) is 0. The summed E-state index contributed by atoms with van der Waals surface area (Å²) in [6.07, 6.45) is 2.42. The Kier molecular flexibility index (Phi) is 6.72. The SMILES string of the molecule is Cc1nc(=O)n(CCNCCCC(C)C)c(C)c1Br. The molecule has 19 heavy (non-hydrogen) atoms. The van der Waals surface area contributed by atoms with E-state index in [2.05, 4.69) is 40.1 Å². The van der Waals surface area contributed by atoms with E-state index in [0.29, 0.717) is 6.54 Å². The first-order valence-electron chi connectivity index (χ1n) is 6.87. The maximum atomic E-state index is 11.8. The fourth-order valence-electron chi connectivity index (χ4n) is 1.99. The van der Waals surface area contributed by atoms with Crippen LogP contribution in [-0.4, -0.2) is 22.6 Å². The molecule has 4 nitrogen and oxygen atoms in total. The molecule has 0 aromatic carbocycles. The first-order chi connectivity index (χ1) is 8.93. The van der Waals surface area contributed by atoms with Gasteiger partial charge >= 0.3 is 5.69 Å². The van der Waals surface area contributed by atoms with Crippen LogP contribution in [-0.2, 0) is 6.54 Å². The molecule has 1 N–H and O–H groups in total. The fraction of sp³-hybridized carbons (Fsp3) is 0.714. The Morgan fingerprint density at radius 2 is 2.00 bits per heavy atom. The normalized spacial score (nSPS) is 11.3. The van der Waals surface area contributed by atoms with Crippen molar-refractivity contribution in [3.63, 3.8) is 0 Å². The zero-order chi connectivity index (χ0) is 14.4. The van der Waals surface area contributed by atoms with E-state index >= 15 is 0 Å². The third-order valence-corrected chi connectivity index (χ3v) is 4.33. The van der Waals surface area contributed by atoms with Crippen molar-refractivity contribution in [3.05, 3.63) is 26.3 Å². The summed E-state index contributed by atoms with van der Waals surface area (Å²) in [7, 11) is 0. The van der Waals surface area contributed by atoms with Crippen LogP contribution in [0, 0.1) is 19.8 Å². The summed E-state index contributed by atoms with van der Waals surface area (Å²) in [5.74, 6) is 0.754. The third kappa shape index (κ3) is 5.07. The van der Waals surface area contributed by atoms with Crippen LogP contribution in [0.4, 0.5) is 0 Å². The number of rotatable bonds is 7. The molecule has 0 radical (unpaired) electrons. The van der Waals surface area contributed by atoms with Crippen LogP contribution in [0.25, 0.3) is 0 Å². The Morgan fingerprint density at radius 3 is 2.63 bits per heavy atom. The van der Waals surface area contributed by atoms with Crippen molar-refractivity contribution in [2.45, 2.75) is 47.1 Å². The molecule has 1 heterocycles. The van der Waals surface area contributed by atoms with Gasteiger partial charge in [0.15, 0.2) is 0 Å². The van der Waals surface area contributed by atoms with Gasteiger partial charge in [0.2, 0.25) is 0 Å². The molecule has 0 amide bonds. The molecule has 108 valence electrons. The Labute approximate surface area is 123 Å². The monoisotopic (exact) mass is 329 g/mol. The van der Waals surface area contributed by atoms with Gasteiger partial charge in [0.25, 0.3) is 0 Å². The minimum Gasteiger partial charge on any atom is -0.315 e. The second-order valence-corrected chi connectivity index (χ2v) is 6.11. The van der Waals surface area contributed by atoms with E-state index in [1.165, 1.54) is 12.8 Å². The van der Waals surface area contributed by atoms with Gasteiger partial charge in [-0.2, -0.15) is 4.98 Å². The number of aryl methyl sites for hydroxylation is 1. The number of hydrogen-bond acceptors (Lipinski definition) is 3. The minimum absolute atomic E-state index is 0.165. The van der Waals surface area contributed by atoms with Gasteiger partial charge in [-0.3, -0.25) is 4.57 Å². The first-order valence-corrected chi connectivity index (χ1v) is 7.67. The molecule has 1 aromatic heterocycles. The summed E-state index contributed by atoms with van der Waals surface area (Å²) in [4.78, 5) is 15.8. The predicted octanol–water partition coefficient (Wildman–Crippen LogP) is 2.65. The molecule has 0 aliphatic heterocycles. The van der Waals surface area contributed by atoms with Gasteiger partial charge in [0, 0.05) is 18.8 Å². The molecule has 1 rings (SSSR count). The molecule has 5 heteroatoms. The smallest absolute Gasteiger partial charge is 0.315 e. The Bertz CT molecular complexity index is 468. The molecular formula is C14H24BrN3O. The van der Waals surface area contributed by atoms with Crippen molar-refractivity contribution >= 4 is 15.9 Å². The summed E-state index contributed by atoms with van der Waals surface area (Å²) in [5.41, 5.74) is 1.53. The lowest BCUT2D eigenvalue weighted by Crippen LogP contribution is -2.31. The van der Waals surface area contributed by atoms with E-state index < -0.39 is 0 Å². The topological polar surface area (TPSA) is 46.9 Å². The van der Waals surface area contributed by atoms with Crippen LogP contribution in [0.15, 0.2) is 9.27 Å². The lowest BCUT2D eigenvalue weighted by Gasteiger charge is -2.12. The Hall–Kier alpha value is -0.680. The number of hydrogen-bond donors (Lipinski definition) is 1. The number of halogens is 1. The molecular weight excluding hydrogens is 306 g/mol. The lowest BCUT2D eigenvalue weighted by molar-refractivity contribution is 0.507. The van der Waals surface area contributed by atoms with Crippen molar-refractivity contribution in [2.75, 3.05) is 13.1 Å². The average Bonchev–Trinajstić information content (AvgIpc) is 2.34. The molecule has 1 aromatic rings. The second kappa shape index (κ2) is 7.80. The van der Waals surface area contributed by atoms with Gasteiger partial charge in [0.05, 0.1) is 10.2 Å².